The van der Waals surface area contributed by atoms with Crippen molar-refractivity contribution in [3.8, 4) is 22.9 Å². The van der Waals surface area contributed by atoms with Crippen LogP contribution in [0.15, 0.2) is 89.1 Å². The van der Waals surface area contributed by atoms with Crippen molar-refractivity contribution in [2.24, 2.45) is 5.10 Å². The number of ether oxygens (including phenoxy) is 1. The van der Waals surface area contributed by atoms with Gasteiger partial charge in [-0.15, -0.1) is 10.2 Å². The van der Waals surface area contributed by atoms with Crippen LogP contribution in [0.4, 0.5) is 0 Å². The zero-order valence-corrected chi connectivity index (χ0v) is 19.8. The monoisotopic (exact) mass is 471 g/mol. The summed E-state index contributed by atoms with van der Waals surface area (Å²) in [6.07, 6.45) is 1.59. The van der Waals surface area contributed by atoms with Crippen LogP contribution >= 0.6 is 11.8 Å². The largest absolute Gasteiger partial charge is 0.457 e. The third kappa shape index (κ3) is 6.11. The minimum absolute atomic E-state index is 0.181. The SMILES string of the molecule is CCn1c(SCC(=O)N/N=C\c2cccc(Oc3ccccc3)c2)nnc1-c1ccc(C)cc1. The summed E-state index contributed by atoms with van der Waals surface area (Å²) in [6.45, 7) is 4.79. The molecule has 0 aliphatic heterocycles. The number of benzene rings is 3. The molecule has 1 heterocycles. The van der Waals surface area contributed by atoms with Crippen molar-refractivity contribution in [2.45, 2.75) is 25.5 Å². The van der Waals surface area contributed by atoms with E-state index in [1.807, 2.05) is 97.3 Å². The number of aromatic nitrogens is 3. The van der Waals surface area contributed by atoms with Crippen LogP contribution < -0.4 is 10.2 Å². The van der Waals surface area contributed by atoms with Gasteiger partial charge in [0.05, 0.1) is 12.0 Å². The standard InChI is InChI=1S/C26H25N5O2S/c1-3-31-25(21-14-12-19(2)13-15-21)29-30-26(31)34-18-24(32)28-27-17-20-8-7-11-23(16-20)33-22-9-5-4-6-10-22/h4-17H,3,18H2,1-2H3,(H,28,32)/b27-17-. The number of carbonyl (C=O) groups excluding carboxylic acids is 1. The van der Waals surface area contributed by atoms with Gasteiger partial charge in [0.1, 0.15) is 11.5 Å². The first-order valence-electron chi connectivity index (χ1n) is 10.9. The molecule has 0 aliphatic rings. The molecule has 0 saturated carbocycles. The molecule has 172 valence electrons. The van der Waals surface area contributed by atoms with E-state index in [0.717, 1.165) is 22.7 Å². The van der Waals surface area contributed by atoms with Gasteiger partial charge in [0, 0.05) is 12.1 Å². The van der Waals surface area contributed by atoms with Gasteiger partial charge in [-0.25, -0.2) is 5.43 Å². The fourth-order valence-electron chi connectivity index (χ4n) is 3.22. The molecule has 0 atom stereocenters. The maximum Gasteiger partial charge on any atom is 0.250 e. The molecule has 3 aromatic carbocycles. The highest BCUT2D eigenvalue weighted by atomic mass is 32.2. The van der Waals surface area contributed by atoms with Gasteiger partial charge < -0.3 is 9.30 Å². The molecule has 1 aromatic heterocycles. The van der Waals surface area contributed by atoms with Crippen LogP contribution in [0.3, 0.4) is 0 Å². The summed E-state index contributed by atoms with van der Waals surface area (Å²) in [5, 5.41) is 13.4. The zero-order chi connectivity index (χ0) is 23.8. The van der Waals surface area contributed by atoms with Crippen molar-refractivity contribution >= 4 is 23.9 Å². The van der Waals surface area contributed by atoms with E-state index in [0.29, 0.717) is 17.5 Å². The van der Waals surface area contributed by atoms with Crippen LogP contribution in [0.1, 0.15) is 18.1 Å². The highest BCUT2D eigenvalue weighted by Gasteiger charge is 2.14. The van der Waals surface area contributed by atoms with Crippen LogP contribution in [-0.2, 0) is 11.3 Å². The molecule has 0 spiro atoms. The summed E-state index contributed by atoms with van der Waals surface area (Å²) in [4.78, 5) is 12.3. The molecule has 0 bridgehead atoms. The van der Waals surface area contributed by atoms with Gasteiger partial charge in [-0.2, -0.15) is 5.10 Å². The lowest BCUT2D eigenvalue weighted by Crippen LogP contribution is -2.20. The molecule has 0 unspecified atom stereocenters. The number of nitrogens with one attached hydrogen (secondary N) is 1. The lowest BCUT2D eigenvalue weighted by atomic mass is 10.1. The van der Waals surface area contributed by atoms with Crippen molar-refractivity contribution in [3.05, 3.63) is 90.0 Å². The molecule has 4 rings (SSSR count). The van der Waals surface area contributed by atoms with Crippen molar-refractivity contribution in [1.29, 1.82) is 0 Å². The molecule has 1 amide bonds. The van der Waals surface area contributed by atoms with Gasteiger partial charge >= 0.3 is 0 Å². The third-order valence-electron chi connectivity index (χ3n) is 4.92. The quantitative estimate of drug-likeness (QED) is 0.203. The molecule has 0 fully saturated rings. The maximum atomic E-state index is 12.3. The molecule has 7 nitrogen and oxygen atoms in total. The topological polar surface area (TPSA) is 81.4 Å². The van der Waals surface area contributed by atoms with Gasteiger partial charge in [0.25, 0.3) is 5.91 Å². The van der Waals surface area contributed by atoms with Crippen LogP contribution in [-0.4, -0.2) is 32.6 Å². The van der Waals surface area contributed by atoms with Gasteiger partial charge in [0.2, 0.25) is 0 Å². The second-order valence-corrected chi connectivity index (χ2v) is 8.43. The smallest absolute Gasteiger partial charge is 0.250 e. The summed E-state index contributed by atoms with van der Waals surface area (Å²) in [5.74, 6) is 2.20. The van der Waals surface area contributed by atoms with Crippen molar-refractivity contribution in [2.75, 3.05) is 5.75 Å². The normalized spacial score (nSPS) is 11.0. The maximum absolute atomic E-state index is 12.3. The lowest BCUT2D eigenvalue weighted by molar-refractivity contribution is -0.118. The molecule has 34 heavy (non-hydrogen) atoms. The fraction of sp³-hybridized carbons (Fsp3) is 0.154. The molecule has 0 saturated heterocycles. The Morgan fingerprint density at radius 3 is 2.56 bits per heavy atom. The average molecular weight is 472 g/mol. The van der Waals surface area contributed by atoms with Gasteiger partial charge in [-0.1, -0.05) is 71.9 Å². The number of hydrazone groups is 1. The number of hydrogen-bond acceptors (Lipinski definition) is 6. The van der Waals surface area contributed by atoms with Gasteiger partial charge in [-0.05, 0) is 43.7 Å². The molecule has 0 radical (unpaired) electrons. The van der Waals surface area contributed by atoms with Crippen LogP contribution in [0.2, 0.25) is 0 Å². The van der Waals surface area contributed by atoms with Crippen LogP contribution in [0, 0.1) is 6.92 Å². The Morgan fingerprint density at radius 2 is 1.79 bits per heavy atom. The molecule has 8 heteroatoms. The Hall–Kier alpha value is -3.91. The molecule has 1 N–H and O–H groups in total. The van der Waals surface area contributed by atoms with E-state index in [2.05, 4.69) is 20.7 Å². The highest BCUT2D eigenvalue weighted by Crippen LogP contribution is 2.24. The van der Waals surface area contributed by atoms with Crippen molar-refractivity contribution < 1.29 is 9.53 Å². The number of aryl methyl sites for hydroxylation is 1. The Labute approximate surface area is 202 Å². The summed E-state index contributed by atoms with van der Waals surface area (Å²) in [5.41, 5.74) is 5.57. The number of carbonyl (C=O) groups is 1. The average Bonchev–Trinajstić information content (AvgIpc) is 3.27. The van der Waals surface area contributed by atoms with Crippen LogP contribution in [0.5, 0.6) is 11.5 Å². The Morgan fingerprint density at radius 1 is 1.03 bits per heavy atom. The molecular formula is C26H25N5O2S. The molecule has 4 aromatic rings. The Kier molecular flexibility index (Phi) is 7.72. The number of nitrogens with zero attached hydrogens (tertiary/aromatic N) is 4. The summed E-state index contributed by atoms with van der Waals surface area (Å²) in [7, 11) is 0. The van der Waals surface area contributed by atoms with E-state index in [1.54, 1.807) is 6.21 Å². The van der Waals surface area contributed by atoms with Gasteiger partial charge in [0.15, 0.2) is 11.0 Å². The number of para-hydroxylation sites is 1. The van der Waals surface area contributed by atoms with Gasteiger partial charge in [-0.3, -0.25) is 4.79 Å². The second-order valence-electron chi connectivity index (χ2n) is 7.49. The van der Waals surface area contributed by atoms with Crippen molar-refractivity contribution in [1.82, 2.24) is 20.2 Å². The zero-order valence-electron chi connectivity index (χ0n) is 19.0. The first-order chi connectivity index (χ1) is 16.6. The lowest BCUT2D eigenvalue weighted by Gasteiger charge is -2.07. The number of thioether (sulfide) groups is 1. The number of rotatable bonds is 9. The summed E-state index contributed by atoms with van der Waals surface area (Å²) in [6, 6.07) is 25.2. The minimum atomic E-state index is -0.222. The molecule has 0 aliphatic carbocycles. The van der Waals surface area contributed by atoms with E-state index in [9.17, 15) is 4.79 Å². The first kappa shape index (κ1) is 23.3. The fourth-order valence-corrected chi connectivity index (χ4v) is 4.02. The number of amides is 1. The Balaban J connectivity index is 1.32. The second kappa shape index (κ2) is 11.3. The summed E-state index contributed by atoms with van der Waals surface area (Å²) < 4.78 is 7.83. The predicted octanol–water partition coefficient (Wildman–Crippen LogP) is 5.31. The van der Waals surface area contributed by atoms with Crippen molar-refractivity contribution in [3.63, 3.8) is 0 Å². The summed E-state index contributed by atoms with van der Waals surface area (Å²) >= 11 is 1.33. The van der Waals surface area contributed by atoms with E-state index >= 15 is 0 Å². The van der Waals surface area contributed by atoms with E-state index in [1.165, 1.54) is 17.3 Å². The Bertz CT molecular complexity index is 1270. The third-order valence-corrected chi connectivity index (χ3v) is 5.88. The predicted molar refractivity (Wildman–Crippen MR) is 135 cm³/mol. The molecular weight excluding hydrogens is 446 g/mol. The van der Waals surface area contributed by atoms with E-state index in [-0.39, 0.29) is 11.7 Å². The van der Waals surface area contributed by atoms with E-state index < -0.39 is 0 Å². The minimum Gasteiger partial charge on any atom is -0.457 e. The number of hydrogen-bond donors (Lipinski definition) is 1. The first-order valence-corrected chi connectivity index (χ1v) is 11.9. The van der Waals surface area contributed by atoms with E-state index in [4.69, 9.17) is 4.74 Å². The highest BCUT2D eigenvalue weighted by molar-refractivity contribution is 7.99. The van der Waals surface area contributed by atoms with Crippen LogP contribution in [0.25, 0.3) is 11.4 Å².